The molecule has 1 aliphatic heterocycles. The number of anilines is 2. The van der Waals surface area contributed by atoms with E-state index in [0.717, 1.165) is 44.5 Å². The summed E-state index contributed by atoms with van der Waals surface area (Å²) in [5.74, 6) is 0.333. The van der Waals surface area contributed by atoms with Crippen LogP contribution in [0.25, 0.3) is 0 Å². The molecule has 3 rings (SSSR count). The van der Waals surface area contributed by atoms with E-state index in [2.05, 4.69) is 5.32 Å². The number of aryl methyl sites for hydroxylation is 1. The van der Waals surface area contributed by atoms with Crippen molar-refractivity contribution in [2.45, 2.75) is 38.3 Å². The molecule has 1 aromatic heterocycles. The highest BCUT2D eigenvalue weighted by atomic mass is 19.4. The summed E-state index contributed by atoms with van der Waals surface area (Å²) in [5.41, 5.74) is 0.0924. The van der Waals surface area contributed by atoms with Gasteiger partial charge in [-0.1, -0.05) is 0 Å². The van der Waals surface area contributed by atoms with Crippen molar-refractivity contribution < 1.29 is 22.4 Å². The van der Waals surface area contributed by atoms with Gasteiger partial charge in [0.2, 0.25) is 5.91 Å². The Bertz CT molecular complexity index is 736. The van der Waals surface area contributed by atoms with Crippen molar-refractivity contribution in [1.82, 2.24) is 0 Å². The van der Waals surface area contributed by atoms with Gasteiger partial charge in [-0.2, -0.15) is 13.2 Å². The maximum atomic E-state index is 13.1. The summed E-state index contributed by atoms with van der Waals surface area (Å²) >= 11 is 0. The average Bonchev–Trinajstić information content (AvgIpc) is 3.13. The second kappa shape index (κ2) is 7.85. The van der Waals surface area contributed by atoms with Crippen molar-refractivity contribution in [1.29, 1.82) is 0 Å². The molecule has 4 nitrogen and oxygen atoms in total. The Labute approximate surface area is 150 Å². The molecule has 0 atom stereocenters. The molecule has 1 aliphatic rings. The standard InChI is InChI=1S/C19H21F3N2O2/c20-19(21,22)14-6-8-17(24-10-2-1-3-11-24)16(13-14)23-18(25)9-7-15-5-4-12-26-15/h4-6,8,12-13H,1-3,7,9-11H2,(H,23,25). The van der Waals surface area contributed by atoms with Gasteiger partial charge in [0.05, 0.1) is 23.2 Å². The molecule has 1 saturated heterocycles. The van der Waals surface area contributed by atoms with E-state index in [-0.39, 0.29) is 18.0 Å². The number of hydrogen-bond donors (Lipinski definition) is 1. The molecule has 7 heteroatoms. The molecule has 0 unspecified atom stereocenters. The summed E-state index contributed by atoms with van der Waals surface area (Å²) in [5, 5.41) is 2.66. The van der Waals surface area contributed by atoms with Crippen LogP contribution in [0.2, 0.25) is 0 Å². The zero-order chi connectivity index (χ0) is 18.6. The number of furan rings is 1. The minimum atomic E-state index is -4.45. The summed E-state index contributed by atoms with van der Waals surface area (Å²) in [6, 6.07) is 7.04. The first-order valence-electron chi connectivity index (χ1n) is 8.72. The third kappa shape index (κ3) is 4.59. The molecular formula is C19H21F3N2O2. The van der Waals surface area contributed by atoms with Crippen LogP contribution in [-0.2, 0) is 17.4 Å². The summed E-state index contributed by atoms with van der Waals surface area (Å²) in [6.45, 7) is 1.56. The Morgan fingerprint density at radius 1 is 1.15 bits per heavy atom. The molecule has 0 spiro atoms. The summed E-state index contributed by atoms with van der Waals surface area (Å²) < 4.78 is 44.4. The van der Waals surface area contributed by atoms with E-state index in [1.165, 1.54) is 12.3 Å². The predicted molar refractivity (Wildman–Crippen MR) is 93.2 cm³/mol. The highest BCUT2D eigenvalue weighted by Crippen LogP contribution is 2.36. The smallest absolute Gasteiger partial charge is 0.416 e. The third-order valence-electron chi connectivity index (χ3n) is 4.47. The molecule has 1 N–H and O–H groups in total. The van der Waals surface area contributed by atoms with E-state index in [1.54, 1.807) is 12.1 Å². The topological polar surface area (TPSA) is 45.5 Å². The second-order valence-electron chi connectivity index (χ2n) is 6.40. The number of carbonyl (C=O) groups excluding carboxylic acids is 1. The molecule has 2 aromatic rings. The van der Waals surface area contributed by atoms with Gasteiger partial charge in [-0.15, -0.1) is 0 Å². The minimum absolute atomic E-state index is 0.142. The van der Waals surface area contributed by atoms with Crippen LogP contribution in [0.5, 0.6) is 0 Å². The highest BCUT2D eigenvalue weighted by Gasteiger charge is 2.31. The Hall–Kier alpha value is -2.44. The first-order chi connectivity index (χ1) is 12.4. The van der Waals surface area contributed by atoms with Crippen LogP contribution in [0, 0.1) is 0 Å². The lowest BCUT2D eigenvalue weighted by Gasteiger charge is -2.31. The summed E-state index contributed by atoms with van der Waals surface area (Å²) in [7, 11) is 0. The van der Waals surface area contributed by atoms with Crippen LogP contribution >= 0.6 is 0 Å². The zero-order valence-electron chi connectivity index (χ0n) is 14.3. The minimum Gasteiger partial charge on any atom is -0.469 e. The highest BCUT2D eigenvalue weighted by molar-refractivity contribution is 5.94. The summed E-state index contributed by atoms with van der Waals surface area (Å²) in [4.78, 5) is 14.3. The SMILES string of the molecule is O=C(CCc1ccco1)Nc1cc(C(F)(F)F)ccc1N1CCCCC1. The Kier molecular flexibility index (Phi) is 5.54. The first-order valence-corrected chi connectivity index (χ1v) is 8.72. The molecule has 1 amide bonds. The van der Waals surface area contributed by atoms with Gasteiger partial charge < -0.3 is 14.6 Å². The number of carbonyl (C=O) groups is 1. The van der Waals surface area contributed by atoms with Crippen molar-refractivity contribution in [2.24, 2.45) is 0 Å². The number of alkyl halides is 3. The third-order valence-corrected chi connectivity index (χ3v) is 4.47. The van der Waals surface area contributed by atoms with E-state index < -0.39 is 11.7 Å². The van der Waals surface area contributed by atoms with Crippen LogP contribution in [0.1, 0.15) is 37.0 Å². The first kappa shape index (κ1) is 18.4. The summed E-state index contributed by atoms with van der Waals surface area (Å²) in [6.07, 6.45) is 0.713. The van der Waals surface area contributed by atoms with Crippen molar-refractivity contribution in [3.05, 3.63) is 47.9 Å². The molecule has 0 saturated carbocycles. The number of rotatable bonds is 5. The predicted octanol–water partition coefficient (Wildman–Crippen LogP) is 4.86. The molecular weight excluding hydrogens is 345 g/mol. The Morgan fingerprint density at radius 3 is 2.58 bits per heavy atom. The van der Waals surface area contributed by atoms with Crippen molar-refractivity contribution in [3.63, 3.8) is 0 Å². The number of piperidine rings is 1. The fraction of sp³-hybridized carbons (Fsp3) is 0.421. The van der Waals surface area contributed by atoms with Gasteiger partial charge in [0.25, 0.3) is 0 Å². The number of amides is 1. The van der Waals surface area contributed by atoms with E-state index in [1.807, 2.05) is 4.90 Å². The fourth-order valence-corrected chi connectivity index (χ4v) is 3.13. The van der Waals surface area contributed by atoms with E-state index >= 15 is 0 Å². The molecule has 1 aromatic carbocycles. The molecule has 1 fully saturated rings. The number of halogens is 3. The van der Waals surface area contributed by atoms with Crippen molar-refractivity contribution in [3.8, 4) is 0 Å². The number of benzene rings is 1. The molecule has 0 radical (unpaired) electrons. The van der Waals surface area contributed by atoms with Gasteiger partial charge in [0.1, 0.15) is 5.76 Å². The van der Waals surface area contributed by atoms with Crippen molar-refractivity contribution >= 4 is 17.3 Å². The van der Waals surface area contributed by atoms with Crippen LogP contribution in [0.3, 0.4) is 0 Å². The van der Waals surface area contributed by atoms with Gasteiger partial charge >= 0.3 is 6.18 Å². The molecule has 2 heterocycles. The number of nitrogens with zero attached hydrogens (tertiary/aromatic N) is 1. The van der Waals surface area contributed by atoms with Crippen LogP contribution in [0.4, 0.5) is 24.5 Å². The normalized spacial score (nSPS) is 15.1. The van der Waals surface area contributed by atoms with Gasteiger partial charge in [-0.05, 0) is 49.6 Å². The maximum Gasteiger partial charge on any atom is 0.416 e. The average molecular weight is 366 g/mol. The van der Waals surface area contributed by atoms with Crippen LogP contribution < -0.4 is 10.2 Å². The zero-order valence-corrected chi connectivity index (χ0v) is 14.3. The largest absolute Gasteiger partial charge is 0.469 e. The molecule has 0 bridgehead atoms. The van der Waals surface area contributed by atoms with Gasteiger partial charge in [-0.3, -0.25) is 4.79 Å². The second-order valence-corrected chi connectivity index (χ2v) is 6.40. The van der Waals surface area contributed by atoms with E-state index in [0.29, 0.717) is 17.9 Å². The molecule has 0 aliphatic carbocycles. The quantitative estimate of drug-likeness (QED) is 0.822. The molecule has 26 heavy (non-hydrogen) atoms. The maximum absolute atomic E-state index is 13.1. The molecule has 140 valence electrons. The number of hydrogen-bond acceptors (Lipinski definition) is 3. The van der Waals surface area contributed by atoms with Crippen molar-refractivity contribution in [2.75, 3.05) is 23.3 Å². The van der Waals surface area contributed by atoms with Gasteiger partial charge in [0.15, 0.2) is 0 Å². The fourth-order valence-electron chi connectivity index (χ4n) is 3.13. The number of nitrogens with one attached hydrogen (secondary N) is 1. The van der Waals surface area contributed by atoms with Gasteiger partial charge in [-0.25, -0.2) is 0 Å². The van der Waals surface area contributed by atoms with E-state index in [9.17, 15) is 18.0 Å². The lowest BCUT2D eigenvalue weighted by Crippen LogP contribution is -2.30. The Morgan fingerprint density at radius 2 is 1.92 bits per heavy atom. The monoisotopic (exact) mass is 366 g/mol. The lowest BCUT2D eigenvalue weighted by atomic mass is 10.1. The lowest BCUT2D eigenvalue weighted by molar-refractivity contribution is -0.137. The van der Waals surface area contributed by atoms with E-state index in [4.69, 9.17) is 4.42 Å². The Balaban J connectivity index is 1.78. The van der Waals surface area contributed by atoms with Crippen LogP contribution in [-0.4, -0.2) is 19.0 Å². The van der Waals surface area contributed by atoms with Gasteiger partial charge in [0, 0.05) is 25.9 Å². The van der Waals surface area contributed by atoms with Crippen LogP contribution in [0.15, 0.2) is 41.0 Å².